The summed E-state index contributed by atoms with van der Waals surface area (Å²) >= 11 is 0. The lowest BCUT2D eigenvalue weighted by molar-refractivity contribution is 0.0699. The Morgan fingerprint density at radius 2 is 2.40 bits per heavy atom. The minimum Gasteiger partial charge on any atom is -0.477 e. The number of aromatic carboxylic acids is 1. The van der Waals surface area contributed by atoms with Gasteiger partial charge in [-0.05, 0) is 6.07 Å². The zero-order valence-corrected chi connectivity index (χ0v) is 8.06. The van der Waals surface area contributed by atoms with E-state index >= 15 is 0 Å². The number of carbonyl (C=O) groups is 1. The normalized spacial score (nSPS) is 10.5. The van der Waals surface area contributed by atoms with Crippen LogP contribution >= 0.6 is 0 Å². The first-order chi connectivity index (χ1) is 7.09. The Morgan fingerprint density at radius 3 is 2.93 bits per heavy atom. The van der Waals surface area contributed by atoms with Gasteiger partial charge in [-0.25, -0.2) is 4.79 Å². The van der Waals surface area contributed by atoms with Crippen molar-refractivity contribution in [3.63, 3.8) is 0 Å². The van der Waals surface area contributed by atoms with E-state index in [0.29, 0.717) is 5.69 Å². The molecule has 6 heteroatoms. The molecule has 2 rings (SSSR count). The van der Waals surface area contributed by atoms with Crippen LogP contribution in [-0.2, 0) is 7.05 Å². The van der Waals surface area contributed by atoms with Gasteiger partial charge in [0.25, 0.3) is 0 Å². The van der Waals surface area contributed by atoms with Crippen LogP contribution in [0, 0.1) is 0 Å². The maximum atomic E-state index is 10.9. The van der Waals surface area contributed by atoms with Gasteiger partial charge in [0.2, 0.25) is 0 Å². The number of aryl methyl sites for hydroxylation is 1. The van der Waals surface area contributed by atoms with Crippen LogP contribution in [0.2, 0.25) is 0 Å². The molecule has 0 saturated heterocycles. The summed E-state index contributed by atoms with van der Waals surface area (Å²) in [5, 5.41) is 15.3. The lowest BCUT2D eigenvalue weighted by Gasteiger charge is -1.95. The Hall–Kier alpha value is -2.24. The third kappa shape index (κ3) is 1.45. The summed E-state index contributed by atoms with van der Waals surface area (Å²) in [6.07, 6.45) is 3.61. The lowest BCUT2D eigenvalue weighted by Crippen LogP contribution is -2.01. The lowest BCUT2D eigenvalue weighted by atomic mass is 10.1. The minimum atomic E-state index is -1.08. The number of hydrogen-bond donors (Lipinski definition) is 3. The first-order valence-electron chi connectivity index (χ1n) is 4.29. The Morgan fingerprint density at radius 1 is 1.67 bits per heavy atom. The van der Waals surface area contributed by atoms with Crippen LogP contribution in [0.4, 0.5) is 5.82 Å². The first-order valence-corrected chi connectivity index (χ1v) is 4.29. The van der Waals surface area contributed by atoms with Crippen LogP contribution in [-0.4, -0.2) is 25.8 Å². The second-order valence-electron chi connectivity index (χ2n) is 3.23. The van der Waals surface area contributed by atoms with Gasteiger partial charge < -0.3 is 15.4 Å². The van der Waals surface area contributed by atoms with Crippen LogP contribution < -0.4 is 5.73 Å². The van der Waals surface area contributed by atoms with E-state index in [1.54, 1.807) is 12.3 Å². The molecule has 0 fully saturated rings. The molecule has 0 unspecified atom stereocenters. The number of nitrogen functional groups attached to an aromatic ring is 1. The van der Waals surface area contributed by atoms with Crippen molar-refractivity contribution < 1.29 is 9.90 Å². The van der Waals surface area contributed by atoms with E-state index in [9.17, 15) is 4.79 Å². The standard InChI is InChI=1S/C9H10N4O2/c1-13-3-2-5(4-13)7-6(9(14)15)8(10)12-11-7/h2-4H,1H3,(H,14,15)(H3,10,11,12). The van der Waals surface area contributed by atoms with Crippen molar-refractivity contribution >= 4 is 11.8 Å². The minimum absolute atomic E-state index is 0.00125. The van der Waals surface area contributed by atoms with Crippen molar-refractivity contribution in [2.24, 2.45) is 7.05 Å². The van der Waals surface area contributed by atoms with Crippen molar-refractivity contribution in [1.82, 2.24) is 14.8 Å². The summed E-state index contributed by atoms with van der Waals surface area (Å²) in [5.74, 6) is -1.08. The maximum Gasteiger partial charge on any atom is 0.341 e. The summed E-state index contributed by atoms with van der Waals surface area (Å²) < 4.78 is 1.82. The number of aromatic nitrogens is 3. The molecule has 0 spiro atoms. The zero-order chi connectivity index (χ0) is 11.0. The predicted molar refractivity (Wildman–Crippen MR) is 54.4 cm³/mol. The highest BCUT2D eigenvalue weighted by Gasteiger charge is 2.19. The number of hydrogen-bond acceptors (Lipinski definition) is 3. The molecule has 0 bridgehead atoms. The van der Waals surface area contributed by atoms with Gasteiger partial charge in [-0.3, -0.25) is 5.10 Å². The molecule has 2 aromatic heterocycles. The van der Waals surface area contributed by atoms with Crippen molar-refractivity contribution in [2.75, 3.05) is 5.73 Å². The first kappa shape index (κ1) is 9.32. The number of aromatic amines is 1. The number of rotatable bonds is 2. The van der Waals surface area contributed by atoms with E-state index in [1.807, 2.05) is 17.8 Å². The molecule has 0 aliphatic carbocycles. The second kappa shape index (κ2) is 3.16. The molecular weight excluding hydrogens is 196 g/mol. The monoisotopic (exact) mass is 206 g/mol. The fourth-order valence-electron chi connectivity index (χ4n) is 1.43. The van der Waals surface area contributed by atoms with Gasteiger partial charge in [0, 0.05) is 25.0 Å². The molecule has 2 aromatic rings. The topological polar surface area (TPSA) is 96.9 Å². The number of nitrogens with zero attached hydrogens (tertiary/aromatic N) is 2. The summed E-state index contributed by atoms with van der Waals surface area (Å²) in [5.41, 5.74) is 6.65. The Labute approximate surface area is 85.3 Å². The molecule has 15 heavy (non-hydrogen) atoms. The zero-order valence-electron chi connectivity index (χ0n) is 8.06. The molecule has 0 aliphatic heterocycles. The average molecular weight is 206 g/mol. The van der Waals surface area contributed by atoms with Crippen LogP contribution in [0.3, 0.4) is 0 Å². The molecule has 0 saturated carbocycles. The number of anilines is 1. The van der Waals surface area contributed by atoms with Crippen LogP contribution in [0.5, 0.6) is 0 Å². The average Bonchev–Trinajstić information content (AvgIpc) is 2.71. The quantitative estimate of drug-likeness (QED) is 0.673. The molecule has 2 heterocycles. The van der Waals surface area contributed by atoms with E-state index in [4.69, 9.17) is 10.8 Å². The molecule has 78 valence electrons. The van der Waals surface area contributed by atoms with Crippen molar-refractivity contribution in [2.45, 2.75) is 0 Å². The highest BCUT2D eigenvalue weighted by Crippen LogP contribution is 2.25. The largest absolute Gasteiger partial charge is 0.477 e. The highest BCUT2D eigenvalue weighted by atomic mass is 16.4. The van der Waals surface area contributed by atoms with Crippen molar-refractivity contribution in [3.05, 3.63) is 24.0 Å². The molecular formula is C9H10N4O2. The van der Waals surface area contributed by atoms with Gasteiger partial charge >= 0.3 is 5.97 Å². The number of carboxylic acids is 1. The molecule has 0 aromatic carbocycles. The van der Waals surface area contributed by atoms with Crippen LogP contribution in [0.15, 0.2) is 18.5 Å². The van der Waals surface area contributed by atoms with E-state index in [2.05, 4.69) is 10.2 Å². The van der Waals surface area contributed by atoms with Crippen molar-refractivity contribution in [3.8, 4) is 11.3 Å². The van der Waals surface area contributed by atoms with Gasteiger partial charge in [0.05, 0.1) is 5.69 Å². The SMILES string of the molecule is Cn1ccc(-c2[nH]nc(N)c2C(=O)O)c1. The number of H-pyrrole nitrogens is 1. The third-order valence-corrected chi connectivity index (χ3v) is 2.13. The molecule has 0 amide bonds. The van der Waals surface area contributed by atoms with Gasteiger partial charge in [0.15, 0.2) is 5.82 Å². The smallest absolute Gasteiger partial charge is 0.341 e. The fraction of sp³-hybridized carbons (Fsp3) is 0.111. The van der Waals surface area contributed by atoms with Crippen molar-refractivity contribution in [1.29, 1.82) is 0 Å². The summed E-state index contributed by atoms with van der Waals surface area (Å²) in [6, 6.07) is 1.79. The van der Waals surface area contributed by atoms with Gasteiger partial charge in [-0.15, -0.1) is 0 Å². The van der Waals surface area contributed by atoms with Crippen LogP contribution in [0.1, 0.15) is 10.4 Å². The summed E-state index contributed by atoms with van der Waals surface area (Å²) in [7, 11) is 1.85. The Kier molecular flexibility index (Phi) is 1.96. The van der Waals surface area contributed by atoms with E-state index in [0.717, 1.165) is 5.56 Å². The van der Waals surface area contributed by atoms with Gasteiger partial charge in [-0.1, -0.05) is 0 Å². The second-order valence-corrected chi connectivity index (χ2v) is 3.23. The fourth-order valence-corrected chi connectivity index (χ4v) is 1.43. The Balaban J connectivity index is 2.58. The van der Waals surface area contributed by atoms with E-state index in [-0.39, 0.29) is 11.4 Å². The molecule has 4 N–H and O–H groups in total. The van der Waals surface area contributed by atoms with E-state index in [1.165, 1.54) is 0 Å². The molecule has 6 nitrogen and oxygen atoms in total. The number of nitrogens with two attached hydrogens (primary N) is 1. The molecule has 0 radical (unpaired) electrons. The Bertz CT molecular complexity index is 512. The van der Waals surface area contributed by atoms with E-state index < -0.39 is 5.97 Å². The number of nitrogens with one attached hydrogen (secondary N) is 1. The third-order valence-electron chi connectivity index (χ3n) is 2.13. The van der Waals surface area contributed by atoms with Gasteiger partial charge in [0.1, 0.15) is 5.56 Å². The predicted octanol–water partition coefficient (Wildman–Crippen LogP) is 0.696. The van der Waals surface area contributed by atoms with Gasteiger partial charge in [-0.2, -0.15) is 5.10 Å². The maximum absolute atomic E-state index is 10.9. The molecule has 0 atom stereocenters. The highest BCUT2D eigenvalue weighted by molar-refractivity contribution is 5.99. The van der Waals surface area contributed by atoms with Crippen LogP contribution in [0.25, 0.3) is 11.3 Å². The summed E-state index contributed by atoms with van der Waals surface area (Å²) in [6.45, 7) is 0. The number of carboxylic acid groups (broad SMARTS) is 1. The summed E-state index contributed by atoms with van der Waals surface area (Å²) in [4.78, 5) is 10.9. The molecule has 0 aliphatic rings.